The smallest absolute Gasteiger partial charge is 0.223 e. The van der Waals surface area contributed by atoms with Crippen LogP contribution in [0.2, 0.25) is 0 Å². The number of benzene rings is 1. The molecule has 5 heteroatoms. The lowest BCUT2D eigenvalue weighted by Gasteiger charge is -2.31. The molecule has 1 fully saturated rings. The average Bonchev–Trinajstić information content (AvgIpc) is 2.73. The summed E-state index contributed by atoms with van der Waals surface area (Å²) in [6.45, 7) is 6.09. The van der Waals surface area contributed by atoms with E-state index in [1.54, 1.807) is 26.0 Å². The van der Waals surface area contributed by atoms with E-state index in [0.717, 1.165) is 37.7 Å². The second-order valence-electron chi connectivity index (χ2n) is 8.84. The monoisotopic (exact) mass is 401 g/mol. The van der Waals surface area contributed by atoms with E-state index in [1.807, 2.05) is 19.1 Å². The van der Waals surface area contributed by atoms with Crippen LogP contribution in [-0.4, -0.2) is 29.1 Å². The van der Waals surface area contributed by atoms with Crippen molar-refractivity contribution in [2.24, 2.45) is 17.3 Å². The summed E-state index contributed by atoms with van der Waals surface area (Å²) < 4.78 is 0. The molecule has 1 aromatic carbocycles. The van der Waals surface area contributed by atoms with Crippen LogP contribution in [0.4, 0.5) is 0 Å². The van der Waals surface area contributed by atoms with Crippen molar-refractivity contribution in [3.63, 3.8) is 0 Å². The van der Waals surface area contributed by atoms with E-state index in [9.17, 15) is 19.5 Å². The van der Waals surface area contributed by atoms with E-state index in [0.29, 0.717) is 25.8 Å². The topological polar surface area (TPSA) is 83.5 Å². The van der Waals surface area contributed by atoms with Crippen LogP contribution in [0.3, 0.4) is 0 Å². The molecule has 0 spiro atoms. The zero-order valence-corrected chi connectivity index (χ0v) is 18.0. The van der Waals surface area contributed by atoms with Crippen molar-refractivity contribution >= 4 is 17.5 Å². The summed E-state index contributed by atoms with van der Waals surface area (Å²) in [5.41, 5.74) is 0.494. The van der Waals surface area contributed by atoms with E-state index in [2.05, 4.69) is 5.32 Å². The fourth-order valence-corrected chi connectivity index (χ4v) is 3.88. The van der Waals surface area contributed by atoms with Crippen LogP contribution in [0.25, 0.3) is 0 Å². The summed E-state index contributed by atoms with van der Waals surface area (Å²) in [7, 11) is 0. The molecule has 0 heterocycles. The number of hydrogen-bond acceptors (Lipinski definition) is 4. The molecule has 160 valence electrons. The molecule has 1 amide bonds. The predicted molar refractivity (Wildman–Crippen MR) is 114 cm³/mol. The zero-order valence-electron chi connectivity index (χ0n) is 18.0. The van der Waals surface area contributed by atoms with E-state index in [-0.39, 0.29) is 29.1 Å². The minimum atomic E-state index is -0.663. The van der Waals surface area contributed by atoms with E-state index >= 15 is 0 Å². The molecule has 0 bridgehead atoms. The molecule has 2 rings (SSSR count). The summed E-state index contributed by atoms with van der Waals surface area (Å²) in [4.78, 5) is 38.2. The van der Waals surface area contributed by atoms with Gasteiger partial charge in [0, 0.05) is 23.8 Å². The number of phenolic OH excluding ortho intramolecular Hbond substituents is 1. The van der Waals surface area contributed by atoms with Gasteiger partial charge in [-0.3, -0.25) is 14.4 Å². The van der Waals surface area contributed by atoms with E-state index < -0.39 is 11.3 Å². The summed E-state index contributed by atoms with van der Waals surface area (Å²) in [6.07, 6.45) is 6.41. The number of phenols is 1. The van der Waals surface area contributed by atoms with Gasteiger partial charge in [0.25, 0.3) is 0 Å². The van der Waals surface area contributed by atoms with Crippen molar-refractivity contribution in [3.8, 4) is 5.75 Å². The Kier molecular flexibility index (Phi) is 8.42. The summed E-state index contributed by atoms with van der Waals surface area (Å²) >= 11 is 0. The number of carbonyl (C=O) groups excluding carboxylic acids is 3. The van der Waals surface area contributed by atoms with Crippen LogP contribution in [0.15, 0.2) is 24.3 Å². The van der Waals surface area contributed by atoms with E-state index in [1.165, 1.54) is 0 Å². The molecule has 0 aliphatic heterocycles. The van der Waals surface area contributed by atoms with Crippen molar-refractivity contribution in [2.45, 2.75) is 72.1 Å². The Balaban J connectivity index is 1.83. The van der Waals surface area contributed by atoms with E-state index in [4.69, 9.17) is 0 Å². The fraction of sp³-hybridized carbons (Fsp3) is 0.625. The number of nitrogens with one attached hydrogen (secondary N) is 1. The average molecular weight is 402 g/mol. The number of unbranched alkanes of at least 4 members (excludes halogenated alkanes) is 1. The van der Waals surface area contributed by atoms with Gasteiger partial charge in [-0.25, -0.2) is 0 Å². The van der Waals surface area contributed by atoms with Gasteiger partial charge < -0.3 is 10.4 Å². The number of hydrogen-bond donors (Lipinski definition) is 2. The molecule has 0 radical (unpaired) electrons. The molecule has 29 heavy (non-hydrogen) atoms. The van der Waals surface area contributed by atoms with Gasteiger partial charge >= 0.3 is 0 Å². The van der Waals surface area contributed by atoms with Gasteiger partial charge in [0.1, 0.15) is 5.75 Å². The molecule has 1 aliphatic carbocycles. The number of ketones is 2. The molecule has 1 aliphatic rings. The first kappa shape index (κ1) is 23.1. The van der Waals surface area contributed by atoms with Crippen LogP contribution in [0.5, 0.6) is 5.75 Å². The fourth-order valence-electron chi connectivity index (χ4n) is 3.88. The Morgan fingerprint density at radius 3 is 2.28 bits per heavy atom. The first-order valence-electron chi connectivity index (χ1n) is 10.9. The van der Waals surface area contributed by atoms with Crippen LogP contribution < -0.4 is 5.32 Å². The van der Waals surface area contributed by atoms with Gasteiger partial charge in [0.05, 0.1) is 0 Å². The van der Waals surface area contributed by atoms with Gasteiger partial charge in [0.2, 0.25) is 17.5 Å². The first-order chi connectivity index (χ1) is 13.8. The summed E-state index contributed by atoms with van der Waals surface area (Å²) in [6, 6.07) is 7.17. The Morgan fingerprint density at radius 2 is 1.66 bits per heavy atom. The molecule has 1 aromatic rings. The van der Waals surface area contributed by atoms with Crippen LogP contribution in [-0.2, 0) is 20.8 Å². The number of Topliss-reactive ketones (excluding diaryl/α,β-unsaturated/α-hetero) is 2. The summed E-state index contributed by atoms with van der Waals surface area (Å²) in [5.74, 6) is -1.38. The number of rotatable bonds is 10. The minimum Gasteiger partial charge on any atom is -0.508 e. The highest BCUT2D eigenvalue weighted by Gasteiger charge is 2.41. The third-order valence-corrected chi connectivity index (χ3v) is 6.29. The number of amides is 1. The lowest BCUT2D eigenvalue weighted by atomic mass is 9.71. The second-order valence-corrected chi connectivity index (χ2v) is 8.84. The number of aromatic hydroxyl groups is 1. The predicted octanol–water partition coefficient (Wildman–Crippen LogP) is 4.21. The maximum atomic E-state index is 12.8. The molecule has 5 nitrogen and oxygen atoms in total. The van der Waals surface area contributed by atoms with Gasteiger partial charge in [-0.05, 0) is 56.2 Å². The maximum absolute atomic E-state index is 12.8. The Hall–Kier alpha value is -2.17. The van der Waals surface area contributed by atoms with Gasteiger partial charge in [-0.2, -0.15) is 0 Å². The normalized spacial score (nSPS) is 19.6. The largest absolute Gasteiger partial charge is 0.508 e. The van der Waals surface area contributed by atoms with Crippen LogP contribution in [0, 0.1) is 17.3 Å². The molecular formula is C24H35NO4. The Labute approximate surface area is 174 Å². The molecule has 0 saturated heterocycles. The van der Waals surface area contributed by atoms with Gasteiger partial charge in [-0.1, -0.05) is 45.7 Å². The lowest BCUT2D eigenvalue weighted by molar-refractivity contribution is -0.147. The Morgan fingerprint density at radius 1 is 1.03 bits per heavy atom. The molecule has 2 atom stereocenters. The maximum Gasteiger partial charge on any atom is 0.223 e. The van der Waals surface area contributed by atoms with Crippen molar-refractivity contribution in [1.29, 1.82) is 0 Å². The minimum absolute atomic E-state index is 0.0882. The van der Waals surface area contributed by atoms with Crippen LogP contribution >= 0.6 is 0 Å². The van der Waals surface area contributed by atoms with Crippen LogP contribution in [0.1, 0.15) is 71.3 Å². The van der Waals surface area contributed by atoms with Crippen molar-refractivity contribution in [2.75, 3.05) is 6.54 Å². The molecule has 0 aromatic heterocycles. The van der Waals surface area contributed by atoms with Crippen molar-refractivity contribution in [3.05, 3.63) is 29.8 Å². The highest BCUT2D eigenvalue weighted by molar-refractivity contribution is 6.40. The van der Waals surface area contributed by atoms with Gasteiger partial charge in [-0.15, -0.1) is 0 Å². The van der Waals surface area contributed by atoms with Crippen molar-refractivity contribution in [1.82, 2.24) is 5.32 Å². The van der Waals surface area contributed by atoms with Gasteiger partial charge in [0.15, 0.2) is 0 Å². The third-order valence-electron chi connectivity index (χ3n) is 6.29. The second kappa shape index (κ2) is 10.6. The molecule has 2 unspecified atom stereocenters. The molecule has 2 N–H and O–H groups in total. The number of carbonyl (C=O) groups is 3. The SMILES string of the molecule is CCC(C)(C)C(=O)C(=O)C1CCCCC1C(=O)NCCCCc1ccc(O)cc1. The molecule has 1 saturated carbocycles. The first-order valence-corrected chi connectivity index (χ1v) is 10.9. The quantitative estimate of drug-likeness (QED) is 0.454. The highest BCUT2D eigenvalue weighted by atomic mass is 16.3. The summed E-state index contributed by atoms with van der Waals surface area (Å²) in [5, 5.41) is 12.3. The highest BCUT2D eigenvalue weighted by Crippen LogP contribution is 2.34. The number of aryl methyl sites for hydroxylation is 1. The standard InChI is InChI=1S/C24H35NO4/c1-4-24(2,3)22(28)21(27)19-10-5-6-11-20(19)23(29)25-16-8-7-9-17-12-14-18(26)15-13-17/h12-15,19-20,26H,4-11,16H2,1-3H3,(H,25,29). The third kappa shape index (κ3) is 6.41. The zero-order chi connectivity index (χ0) is 21.4. The molecular weight excluding hydrogens is 366 g/mol. The Bertz CT molecular complexity index is 708. The van der Waals surface area contributed by atoms with Crippen molar-refractivity contribution < 1.29 is 19.5 Å². The lowest BCUT2D eigenvalue weighted by Crippen LogP contribution is -2.44.